The van der Waals surface area contributed by atoms with Gasteiger partial charge in [0.05, 0.1) is 23.7 Å². The van der Waals surface area contributed by atoms with E-state index < -0.39 is 10.0 Å². The molecule has 1 heterocycles. The number of aryl methyl sites for hydroxylation is 1. The van der Waals surface area contributed by atoms with Gasteiger partial charge in [0, 0.05) is 11.9 Å². The molecule has 0 spiro atoms. The van der Waals surface area contributed by atoms with Crippen molar-refractivity contribution < 1.29 is 8.42 Å². The average Bonchev–Trinajstić information content (AvgIpc) is 2.59. The van der Waals surface area contributed by atoms with Crippen molar-refractivity contribution in [3.63, 3.8) is 0 Å². The molecule has 0 fully saturated rings. The van der Waals surface area contributed by atoms with Gasteiger partial charge in [0.2, 0.25) is 10.0 Å². The van der Waals surface area contributed by atoms with Gasteiger partial charge in [0.15, 0.2) is 0 Å². The van der Waals surface area contributed by atoms with E-state index in [-0.39, 0.29) is 0 Å². The van der Waals surface area contributed by atoms with Crippen LogP contribution in [0.25, 0.3) is 10.9 Å². The van der Waals surface area contributed by atoms with Crippen molar-refractivity contribution in [2.45, 2.75) is 13.5 Å². The van der Waals surface area contributed by atoms with Crippen LogP contribution in [0.15, 0.2) is 24.4 Å². The molecule has 1 aromatic carbocycles. The van der Waals surface area contributed by atoms with E-state index in [0.717, 1.165) is 23.7 Å². The highest BCUT2D eigenvalue weighted by atomic mass is 32.2. The Kier molecular flexibility index (Phi) is 2.59. The monoisotopic (exact) mass is 239 g/mol. The fourth-order valence-corrected chi connectivity index (χ4v) is 2.22. The summed E-state index contributed by atoms with van der Waals surface area (Å²) in [5, 5.41) is 5.00. The van der Waals surface area contributed by atoms with E-state index in [1.54, 1.807) is 12.3 Å². The molecule has 0 amide bonds. The Morgan fingerprint density at radius 1 is 1.44 bits per heavy atom. The van der Waals surface area contributed by atoms with Gasteiger partial charge in [-0.1, -0.05) is 6.07 Å². The Morgan fingerprint density at radius 3 is 2.81 bits per heavy atom. The molecule has 0 radical (unpaired) electrons. The van der Waals surface area contributed by atoms with Crippen LogP contribution in [-0.2, 0) is 16.6 Å². The summed E-state index contributed by atoms with van der Waals surface area (Å²) in [6.07, 6.45) is 2.81. The molecular formula is C10H13N3O2S. The lowest BCUT2D eigenvalue weighted by Crippen LogP contribution is -2.09. The minimum atomic E-state index is -3.25. The minimum Gasteiger partial charge on any atom is -0.283 e. The maximum Gasteiger partial charge on any atom is 0.229 e. The first kappa shape index (κ1) is 10.9. The third-order valence-electron chi connectivity index (χ3n) is 2.28. The Hall–Kier alpha value is -1.56. The number of aromatic nitrogens is 2. The molecule has 0 saturated carbocycles. The zero-order valence-electron chi connectivity index (χ0n) is 9.14. The number of benzene rings is 1. The van der Waals surface area contributed by atoms with Crippen LogP contribution in [0, 0.1) is 0 Å². The van der Waals surface area contributed by atoms with Gasteiger partial charge in [-0.15, -0.1) is 0 Å². The Morgan fingerprint density at radius 2 is 2.19 bits per heavy atom. The summed E-state index contributed by atoms with van der Waals surface area (Å²) in [5.74, 6) is 0. The summed E-state index contributed by atoms with van der Waals surface area (Å²) >= 11 is 0. The second kappa shape index (κ2) is 3.79. The molecule has 16 heavy (non-hydrogen) atoms. The maximum absolute atomic E-state index is 11.2. The molecule has 0 unspecified atom stereocenters. The molecule has 2 rings (SSSR count). The predicted octanol–water partition coefficient (Wildman–Crippen LogP) is 1.43. The van der Waals surface area contributed by atoms with Gasteiger partial charge in [-0.25, -0.2) is 8.42 Å². The summed E-state index contributed by atoms with van der Waals surface area (Å²) in [5.41, 5.74) is 1.50. The molecule has 0 bridgehead atoms. The molecule has 1 N–H and O–H groups in total. The van der Waals surface area contributed by atoms with Crippen LogP contribution in [0.1, 0.15) is 6.92 Å². The van der Waals surface area contributed by atoms with Crippen molar-refractivity contribution in [2.24, 2.45) is 0 Å². The molecule has 2 aromatic rings. The van der Waals surface area contributed by atoms with Gasteiger partial charge >= 0.3 is 0 Å². The smallest absolute Gasteiger partial charge is 0.229 e. The topological polar surface area (TPSA) is 64.0 Å². The molecule has 0 atom stereocenters. The summed E-state index contributed by atoms with van der Waals surface area (Å²) < 4.78 is 26.7. The number of hydrogen-bond donors (Lipinski definition) is 1. The highest BCUT2D eigenvalue weighted by Gasteiger charge is 2.08. The van der Waals surface area contributed by atoms with E-state index in [1.165, 1.54) is 0 Å². The van der Waals surface area contributed by atoms with Crippen molar-refractivity contribution >= 4 is 26.6 Å². The van der Waals surface area contributed by atoms with Crippen LogP contribution in [0.2, 0.25) is 0 Å². The number of hydrogen-bond acceptors (Lipinski definition) is 3. The Labute approximate surface area is 94.1 Å². The van der Waals surface area contributed by atoms with Crippen molar-refractivity contribution in [1.29, 1.82) is 0 Å². The third-order valence-corrected chi connectivity index (χ3v) is 2.87. The highest BCUT2D eigenvalue weighted by Crippen LogP contribution is 2.23. The SMILES string of the molecule is CCn1ncc2c(NS(C)(=O)=O)cccc21. The van der Waals surface area contributed by atoms with E-state index in [0.29, 0.717) is 5.69 Å². The van der Waals surface area contributed by atoms with Gasteiger partial charge in [0.1, 0.15) is 0 Å². The number of rotatable bonds is 3. The van der Waals surface area contributed by atoms with Crippen molar-refractivity contribution in [1.82, 2.24) is 9.78 Å². The summed E-state index contributed by atoms with van der Waals surface area (Å²) in [6.45, 7) is 2.74. The van der Waals surface area contributed by atoms with Crippen LogP contribution in [-0.4, -0.2) is 24.5 Å². The van der Waals surface area contributed by atoms with Crippen LogP contribution in [0.4, 0.5) is 5.69 Å². The lowest BCUT2D eigenvalue weighted by Gasteiger charge is -2.05. The number of nitrogens with one attached hydrogen (secondary N) is 1. The first-order valence-corrected chi connectivity index (χ1v) is 6.82. The van der Waals surface area contributed by atoms with Gasteiger partial charge in [0.25, 0.3) is 0 Å². The molecule has 1 aromatic heterocycles. The van der Waals surface area contributed by atoms with Gasteiger partial charge in [-0.2, -0.15) is 5.10 Å². The molecule has 6 heteroatoms. The number of fused-ring (bicyclic) bond motifs is 1. The van der Waals surface area contributed by atoms with Gasteiger partial charge in [-0.3, -0.25) is 9.40 Å². The van der Waals surface area contributed by atoms with Crippen molar-refractivity contribution in [3.05, 3.63) is 24.4 Å². The van der Waals surface area contributed by atoms with E-state index in [9.17, 15) is 8.42 Å². The number of anilines is 1. The van der Waals surface area contributed by atoms with E-state index in [1.807, 2.05) is 23.7 Å². The summed E-state index contributed by atoms with van der Waals surface area (Å²) in [7, 11) is -3.25. The summed E-state index contributed by atoms with van der Waals surface area (Å²) in [6, 6.07) is 5.45. The third kappa shape index (κ3) is 2.01. The quantitative estimate of drug-likeness (QED) is 0.881. The normalized spacial score (nSPS) is 11.9. The number of nitrogens with zero attached hydrogens (tertiary/aromatic N) is 2. The molecule has 0 aliphatic rings. The van der Waals surface area contributed by atoms with Crippen LogP contribution in [0.3, 0.4) is 0 Å². The first-order chi connectivity index (χ1) is 7.51. The van der Waals surface area contributed by atoms with Crippen LogP contribution < -0.4 is 4.72 Å². The summed E-state index contributed by atoms with van der Waals surface area (Å²) in [4.78, 5) is 0. The average molecular weight is 239 g/mol. The first-order valence-electron chi connectivity index (χ1n) is 4.93. The minimum absolute atomic E-state index is 0.569. The van der Waals surface area contributed by atoms with Crippen molar-refractivity contribution in [3.8, 4) is 0 Å². The molecule has 0 saturated heterocycles. The second-order valence-electron chi connectivity index (χ2n) is 3.57. The van der Waals surface area contributed by atoms with Gasteiger partial charge in [-0.05, 0) is 19.1 Å². The zero-order valence-corrected chi connectivity index (χ0v) is 9.95. The second-order valence-corrected chi connectivity index (χ2v) is 5.32. The standard InChI is InChI=1S/C10H13N3O2S/c1-3-13-10-6-4-5-9(8(10)7-11-13)12-16(2,14)15/h4-7,12H,3H2,1-2H3. The van der Waals surface area contributed by atoms with E-state index in [2.05, 4.69) is 9.82 Å². The molecule has 0 aliphatic heterocycles. The van der Waals surface area contributed by atoms with E-state index >= 15 is 0 Å². The van der Waals surface area contributed by atoms with E-state index in [4.69, 9.17) is 0 Å². The Balaban J connectivity index is 2.59. The molecule has 86 valence electrons. The van der Waals surface area contributed by atoms with Gasteiger partial charge < -0.3 is 0 Å². The Bertz CT molecular complexity index is 616. The fourth-order valence-electron chi connectivity index (χ4n) is 1.64. The largest absolute Gasteiger partial charge is 0.283 e. The van der Waals surface area contributed by atoms with Crippen LogP contribution in [0.5, 0.6) is 0 Å². The van der Waals surface area contributed by atoms with Crippen LogP contribution >= 0.6 is 0 Å². The fraction of sp³-hybridized carbons (Fsp3) is 0.300. The molecule has 0 aliphatic carbocycles. The maximum atomic E-state index is 11.2. The zero-order chi connectivity index (χ0) is 11.8. The number of sulfonamides is 1. The highest BCUT2D eigenvalue weighted by molar-refractivity contribution is 7.92. The molecular weight excluding hydrogens is 226 g/mol. The lowest BCUT2D eigenvalue weighted by molar-refractivity contribution is 0.607. The lowest BCUT2D eigenvalue weighted by atomic mass is 10.2. The predicted molar refractivity (Wildman–Crippen MR) is 63.9 cm³/mol. The molecule has 5 nitrogen and oxygen atoms in total. The van der Waals surface area contributed by atoms with Crippen molar-refractivity contribution in [2.75, 3.05) is 11.0 Å².